The van der Waals surface area contributed by atoms with Gasteiger partial charge in [-0.1, -0.05) is 35.3 Å². The molecule has 7 heteroatoms. The molecule has 30 heavy (non-hydrogen) atoms. The van der Waals surface area contributed by atoms with E-state index in [9.17, 15) is 9.18 Å². The molecule has 0 saturated heterocycles. The summed E-state index contributed by atoms with van der Waals surface area (Å²) in [5, 5.41) is 0.877. The van der Waals surface area contributed by atoms with Crippen LogP contribution in [0.4, 0.5) is 4.39 Å². The van der Waals surface area contributed by atoms with E-state index in [1.807, 2.05) is 24.3 Å². The van der Waals surface area contributed by atoms with Gasteiger partial charge in [-0.25, -0.2) is 9.37 Å². The van der Waals surface area contributed by atoms with Crippen LogP contribution in [0.25, 0.3) is 22.3 Å². The van der Waals surface area contributed by atoms with Crippen molar-refractivity contribution in [3.63, 3.8) is 0 Å². The second kappa shape index (κ2) is 8.46. The van der Waals surface area contributed by atoms with Gasteiger partial charge in [0, 0.05) is 17.1 Å². The van der Waals surface area contributed by atoms with Crippen LogP contribution in [0, 0.1) is 5.82 Å². The standard InChI is InChI=1S/C23H17Cl2FN2O2/c1-30-17-6-2-14(3-7-17)10-11-28-22(15-4-8-19(25)20(26)12-15)27-21-9-5-16(24)13-18(21)23(28)29/h2-9,12-13H,10-11H2,1H3. The Morgan fingerprint density at radius 1 is 1.03 bits per heavy atom. The molecule has 0 amide bonds. The van der Waals surface area contributed by atoms with Gasteiger partial charge in [-0.05, 0) is 60.5 Å². The number of methoxy groups -OCH3 is 1. The lowest BCUT2D eigenvalue weighted by Crippen LogP contribution is -2.24. The van der Waals surface area contributed by atoms with E-state index in [0.717, 1.165) is 11.3 Å². The molecule has 4 rings (SSSR count). The van der Waals surface area contributed by atoms with Crippen molar-refractivity contribution in [2.75, 3.05) is 7.11 Å². The SMILES string of the molecule is COc1ccc(CCn2c(-c3ccc(Cl)c(F)c3)nc3ccc(Cl)cc3c2=O)cc1. The van der Waals surface area contributed by atoms with Crippen molar-refractivity contribution in [2.24, 2.45) is 0 Å². The summed E-state index contributed by atoms with van der Waals surface area (Å²) in [5.41, 5.74) is 1.76. The van der Waals surface area contributed by atoms with Gasteiger partial charge in [0.05, 0.1) is 23.0 Å². The Balaban J connectivity index is 1.82. The smallest absolute Gasteiger partial charge is 0.261 e. The van der Waals surface area contributed by atoms with Gasteiger partial charge in [-0.15, -0.1) is 0 Å². The maximum Gasteiger partial charge on any atom is 0.261 e. The van der Waals surface area contributed by atoms with Crippen LogP contribution in [0.1, 0.15) is 5.56 Å². The highest BCUT2D eigenvalue weighted by Crippen LogP contribution is 2.25. The van der Waals surface area contributed by atoms with Gasteiger partial charge in [0.15, 0.2) is 0 Å². The first-order chi connectivity index (χ1) is 14.5. The lowest BCUT2D eigenvalue weighted by molar-refractivity contribution is 0.414. The van der Waals surface area contributed by atoms with Crippen LogP contribution in [0.15, 0.2) is 65.5 Å². The van der Waals surface area contributed by atoms with E-state index in [1.165, 1.54) is 12.1 Å². The second-order valence-electron chi connectivity index (χ2n) is 6.78. The number of ether oxygens (including phenoxy) is 1. The molecule has 0 atom stereocenters. The molecule has 0 aliphatic heterocycles. The van der Waals surface area contributed by atoms with Crippen molar-refractivity contribution in [3.8, 4) is 17.1 Å². The van der Waals surface area contributed by atoms with E-state index < -0.39 is 5.82 Å². The summed E-state index contributed by atoms with van der Waals surface area (Å²) in [7, 11) is 1.61. The van der Waals surface area contributed by atoms with E-state index >= 15 is 0 Å². The fraction of sp³-hybridized carbons (Fsp3) is 0.130. The third-order valence-corrected chi connectivity index (χ3v) is 5.42. The van der Waals surface area contributed by atoms with E-state index in [-0.39, 0.29) is 10.6 Å². The van der Waals surface area contributed by atoms with Gasteiger partial charge >= 0.3 is 0 Å². The first kappa shape index (κ1) is 20.4. The number of hydrogen-bond donors (Lipinski definition) is 0. The van der Waals surface area contributed by atoms with Gasteiger partial charge in [0.25, 0.3) is 5.56 Å². The third kappa shape index (κ3) is 4.04. The molecule has 152 valence electrons. The van der Waals surface area contributed by atoms with Crippen LogP contribution in [0.3, 0.4) is 0 Å². The summed E-state index contributed by atoms with van der Waals surface area (Å²) in [6.07, 6.45) is 0.584. The lowest BCUT2D eigenvalue weighted by atomic mass is 10.1. The fourth-order valence-electron chi connectivity index (χ4n) is 3.29. The molecule has 0 spiro atoms. The van der Waals surface area contributed by atoms with Gasteiger partial charge in [0.1, 0.15) is 17.4 Å². The first-order valence-electron chi connectivity index (χ1n) is 9.25. The van der Waals surface area contributed by atoms with Crippen molar-refractivity contribution in [2.45, 2.75) is 13.0 Å². The zero-order valence-electron chi connectivity index (χ0n) is 16.0. The number of aromatic nitrogens is 2. The predicted octanol–water partition coefficient (Wildman–Crippen LogP) is 5.76. The molecular weight excluding hydrogens is 426 g/mol. The predicted molar refractivity (Wildman–Crippen MR) is 118 cm³/mol. The monoisotopic (exact) mass is 442 g/mol. The van der Waals surface area contributed by atoms with Gasteiger partial charge in [0.2, 0.25) is 0 Å². The molecule has 0 fully saturated rings. The summed E-state index contributed by atoms with van der Waals surface area (Å²) in [6, 6.07) is 17.0. The molecule has 4 nitrogen and oxygen atoms in total. The molecular formula is C23H17Cl2FN2O2. The minimum atomic E-state index is -0.568. The van der Waals surface area contributed by atoms with Gasteiger partial charge < -0.3 is 4.74 Å². The number of aryl methyl sites for hydroxylation is 1. The van der Waals surface area contributed by atoms with Crippen LogP contribution in [0.5, 0.6) is 5.75 Å². The van der Waals surface area contributed by atoms with E-state index in [2.05, 4.69) is 4.98 Å². The summed E-state index contributed by atoms with van der Waals surface area (Å²) in [4.78, 5) is 17.9. The maximum absolute atomic E-state index is 14.1. The van der Waals surface area contributed by atoms with Gasteiger partial charge in [-0.2, -0.15) is 0 Å². The number of rotatable bonds is 5. The quantitative estimate of drug-likeness (QED) is 0.394. The zero-order chi connectivity index (χ0) is 21.3. The molecule has 0 radical (unpaired) electrons. The molecule has 1 heterocycles. The fourth-order valence-corrected chi connectivity index (χ4v) is 3.58. The molecule has 0 aliphatic rings. The molecule has 1 aromatic heterocycles. The van der Waals surface area contributed by atoms with Crippen LogP contribution in [0.2, 0.25) is 10.0 Å². The maximum atomic E-state index is 14.1. The number of nitrogens with zero attached hydrogens (tertiary/aromatic N) is 2. The number of halogens is 3. The van der Waals surface area contributed by atoms with Crippen molar-refractivity contribution >= 4 is 34.1 Å². The van der Waals surface area contributed by atoms with E-state index in [4.69, 9.17) is 27.9 Å². The normalized spacial score (nSPS) is 11.1. The average molecular weight is 443 g/mol. The summed E-state index contributed by atoms with van der Waals surface area (Å²) < 4.78 is 20.8. The highest BCUT2D eigenvalue weighted by Gasteiger charge is 2.15. The van der Waals surface area contributed by atoms with Crippen LogP contribution in [-0.4, -0.2) is 16.7 Å². The summed E-state index contributed by atoms with van der Waals surface area (Å²) in [6.45, 7) is 0.361. The minimum absolute atomic E-state index is 0.0125. The van der Waals surface area contributed by atoms with Crippen molar-refractivity contribution in [1.29, 1.82) is 0 Å². The molecule has 0 bridgehead atoms. The van der Waals surface area contributed by atoms with Crippen LogP contribution < -0.4 is 10.3 Å². The van der Waals surface area contributed by atoms with Crippen LogP contribution in [-0.2, 0) is 13.0 Å². The first-order valence-corrected chi connectivity index (χ1v) is 10.0. The molecule has 0 aliphatic carbocycles. The average Bonchev–Trinajstić information content (AvgIpc) is 2.75. The van der Waals surface area contributed by atoms with Crippen LogP contribution >= 0.6 is 23.2 Å². The van der Waals surface area contributed by atoms with Crippen molar-refractivity contribution < 1.29 is 9.13 Å². The molecule has 3 aromatic carbocycles. The topological polar surface area (TPSA) is 44.1 Å². The molecule has 0 saturated carbocycles. The number of benzene rings is 3. The lowest BCUT2D eigenvalue weighted by Gasteiger charge is -2.14. The molecule has 4 aromatic rings. The van der Waals surface area contributed by atoms with E-state index in [0.29, 0.717) is 40.3 Å². The Labute approximate surface area is 182 Å². The van der Waals surface area contributed by atoms with Crippen molar-refractivity contribution in [1.82, 2.24) is 9.55 Å². The second-order valence-corrected chi connectivity index (χ2v) is 7.62. The number of fused-ring (bicyclic) bond motifs is 1. The highest BCUT2D eigenvalue weighted by atomic mass is 35.5. The largest absolute Gasteiger partial charge is 0.497 e. The Morgan fingerprint density at radius 2 is 1.80 bits per heavy atom. The Morgan fingerprint density at radius 3 is 2.50 bits per heavy atom. The molecule has 0 unspecified atom stereocenters. The Kier molecular flexibility index (Phi) is 5.75. The van der Waals surface area contributed by atoms with Crippen molar-refractivity contribution in [3.05, 3.63) is 92.4 Å². The number of hydrogen-bond acceptors (Lipinski definition) is 3. The van der Waals surface area contributed by atoms with E-state index in [1.54, 1.807) is 35.9 Å². The zero-order valence-corrected chi connectivity index (χ0v) is 17.5. The third-order valence-electron chi connectivity index (χ3n) is 4.88. The van der Waals surface area contributed by atoms with Gasteiger partial charge in [-0.3, -0.25) is 9.36 Å². The minimum Gasteiger partial charge on any atom is -0.497 e. The Bertz CT molecular complexity index is 1290. The summed E-state index contributed by atoms with van der Waals surface area (Å²) >= 11 is 11.9. The Hall–Kier alpha value is -2.89. The highest BCUT2D eigenvalue weighted by molar-refractivity contribution is 6.31. The molecule has 0 N–H and O–H groups in total. The summed E-state index contributed by atoms with van der Waals surface area (Å²) in [5.74, 6) is 0.565.